The van der Waals surface area contributed by atoms with Crippen molar-refractivity contribution < 1.29 is 14.7 Å². The Hall–Kier alpha value is -0.880. The van der Waals surface area contributed by atoms with Crippen molar-refractivity contribution in [1.82, 2.24) is 4.90 Å². The minimum atomic E-state index is -1.05. The molecule has 1 aliphatic heterocycles. The third-order valence-corrected chi connectivity index (χ3v) is 3.21. The van der Waals surface area contributed by atoms with E-state index in [0.717, 1.165) is 17.7 Å². The second-order valence-corrected chi connectivity index (χ2v) is 4.69. The topological polar surface area (TPSA) is 57.6 Å². The number of thiocarbonyl (C=S) groups is 1. The zero-order chi connectivity index (χ0) is 11.4. The molecule has 0 bridgehead atoms. The first-order chi connectivity index (χ1) is 7.06. The molecular weight excluding hydrogens is 234 g/mol. The quantitative estimate of drug-likeness (QED) is 0.602. The molecule has 1 rings (SSSR count). The highest BCUT2D eigenvalue weighted by molar-refractivity contribution is 8.26. The summed E-state index contributed by atoms with van der Waals surface area (Å²) in [6.45, 7) is 1.66. The van der Waals surface area contributed by atoms with Crippen LogP contribution in [0.5, 0.6) is 0 Å². The molecule has 0 unspecified atom stereocenters. The van der Waals surface area contributed by atoms with Gasteiger partial charge in [0.1, 0.15) is 10.9 Å². The number of rotatable bonds is 4. The molecule has 1 N–H and O–H groups in total. The fraction of sp³-hybridized carbons (Fsp3) is 0.444. The lowest BCUT2D eigenvalue weighted by Gasteiger charge is -2.10. The molecule has 0 aromatic heterocycles. The summed E-state index contributed by atoms with van der Waals surface area (Å²) in [6, 6.07) is 0. The number of carbonyl (C=O) groups excluding carboxylic acids is 1. The number of hydrogen-bond acceptors (Lipinski definition) is 4. The van der Waals surface area contributed by atoms with Crippen LogP contribution in [0.25, 0.3) is 0 Å². The van der Waals surface area contributed by atoms with E-state index in [1.807, 2.05) is 6.92 Å². The van der Waals surface area contributed by atoms with Gasteiger partial charge in [0.25, 0.3) is 5.91 Å². The smallest absolute Gasteiger partial charge is 0.323 e. The zero-order valence-corrected chi connectivity index (χ0v) is 9.86. The maximum Gasteiger partial charge on any atom is 0.323 e. The van der Waals surface area contributed by atoms with Gasteiger partial charge in [-0.15, -0.1) is 0 Å². The molecule has 1 saturated heterocycles. The van der Waals surface area contributed by atoms with E-state index in [1.54, 1.807) is 6.08 Å². The monoisotopic (exact) mass is 245 g/mol. The van der Waals surface area contributed by atoms with Gasteiger partial charge in [0.05, 0.1) is 4.91 Å². The number of aliphatic carboxylic acids is 1. The first kappa shape index (κ1) is 12.2. The first-order valence-corrected chi connectivity index (χ1v) is 5.74. The van der Waals surface area contributed by atoms with Crippen molar-refractivity contribution in [2.24, 2.45) is 0 Å². The van der Waals surface area contributed by atoms with Gasteiger partial charge in [-0.25, -0.2) is 0 Å². The molecule has 1 aliphatic rings. The lowest BCUT2D eigenvalue weighted by atomic mass is 10.3. The molecule has 15 heavy (non-hydrogen) atoms. The van der Waals surface area contributed by atoms with E-state index in [-0.39, 0.29) is 12.5 Å². The Bertz CT molecular complexity index is 338. The van der Waals surface area contributed by atoms with Crippen LogP contribution in [0.4, 0.5) is 0 Å². The highest BCUT2D eigenvalue weighted by atomic mass is 32.2. The predicted molar refractivity (Wildman–Crippen MR) is 62.5 cm³/mol. The summed E-state index contributed by atoms with van der Waals surface area (Å²) in [4.78, 5) is 23.8. The van der Waals surface area contributed by atoms with Crippen LogP contribution in [0.15, 0.2) is 11.0 Å². The molecule has 0 saturated carbocycles. The summed E-state index contributed by atoms with van der Waals surface area (Å²) in [6.07, 6.45) is 3.56. The van der Waals surface area contributed by atoms with Gasteiger partial charge >= 0.3 is 5.97 Å². The van der Waals surface area contributed by atoms with E-state index in [9.17, 15) is 9.59 Å². The van der Waals surface area contributed by atoms with Gasteiger partial charge < -0.3 is 5.11 Å². The summed E-state index contributed by atoms with van der Waals surface area (Å²) in [7, 11) is 0. The van der Waals surface area contributed by atoms with Crippen LogP contribution in [-0.2, 0) is 9.59 Å². The lowest BCUT2D eigenvalue weighted by Crippen LogP contribution is -2.33. The molecule has 0 aromatic carbocycles. The van der Waals surface area contributed by atoms with Crippen LogP contribution in [0, 0.1) is 0 Å². The van der Waals surface area contributed by atoms with E-state index in [2.05, 4.69) is 0 Å². The van der Waals surface area contributed by atoms with Gasteiger partial charge in [0.15, 0.2) is 0 Å². The molecule has 1 amide bonds. The molecular formula is C9H11NO3S2. The van der Waals surface area contributed by atoms with Crippen molar-refractivity contribution in [3.05, 3.63) is 11.0 Å². The van der Waals surface area contributed by atoms with Crippen molar-refractivity contribution in [3.8, 4) is 0 Å². The molecule has 0 aliphatic carbocycles. The Balaban J connectivity index is 2.74. The summed E-state index contributed by atoms with van der Waals surface area (Å²) in [5.41, 5.74) is 0. The summed E-state index contributed by atoms with van der Waals surface area (Å²) < 4.78 is 0.324. The van der Waals surface area contributed by atoms with Gasteiger partial charge in [0.2, 0.25) is 0 Å². The second kappa shape index (κ2) is 5.27. The van der Waals surface area contributed by atoms with Crippen molar-refractivity contribution in [2.45, 2.75) is 19.8 Å². The van der Waals surface area contributed by atoms with Crippen LogP contribution in [0.2, 0.25) is 0 Å². The van der Waals surface area contributed by atoms with E-state index in [0.29, 0.717) is 9.23 Å². The van der Waals surface area contributed by atoms with Crippen LogP contribution < -0.4 is 0 Å². The average molecular weight is 245 g/mol. The Morgan fingerprint density at radius 3 is 2.87 bits per heavy atom. The SMILES string of the molecule is CCC/C=C1\SC(=S)N(CC(=O)O)C1=O. The Morgan fingerprint density at radius 1 is 1.67 bits per heavy atom. The molecule has 4 nitrogen and oxygen atoms in total. The number of allylic oxidation sites excluding steroid dienone is 1. The van der Waals surface area contributed by atoms with E-state index >= 15 is 0 Å². The highest BCUT2D eigenvalue weighted by Crippen LogP contribution is 2.30. The maximum absolute atomic E-state index is 11.6. The number of thioether (sulfide) groups is 1. The van der Waals surface area contributed by atoms with E-state index < -0.39 is 5.97 Å². The number of nitrogens with zero attached hydrogens (tertiary/aromatic N) is 1. The summed E-state index contributed by atoms with van der Waals surface area (Å²) in [5.74, 6) is -1.34. The third-order valence-electron chi connectivity index (χ3n) is 1.79. The average Bonchev–Trinajstić information content (AvgIpc) is 2.42. The largest absolute Gasteiger partial charge is 0.480 e. The van der Waals surface area contributed by atoms with Gasteiger partial charge in [-0.2, -0.15) is 0 Å². The van der Waals surface area contributed by atoms with Crippen LogP contribution in [0.3, 0.4) is 0 Å². The number of carbonyl (C=O) groups is 2. The molecule has 1 heterocycles. The Labute approximate surface area is 97.3 Å². The number of unbranched alkanes of at least 4 members (excludes halogenated alkanes) is 1. The zero-order valence-electron chi connectivity index (χ0n) is 8.23. The molecule has 82 valence electrons. The van der Waals surface area contributed by atoms with Crippen LogP contribution >= 0.6 is 24.0 Å². The normalized spacial score (nSPS) is 19.0. The van der Waals surface area contributed by atoms with Crippen molar-refractivity contribution >= 4 is 40.2 Å². The Morgan fingerprint density at radius 2 is 2.33 bits per heavy atom. The molecule has 0 spiro atoms. The van der Waals surface area contributed by atoms with E-state index in [1.165, 1.54) is 11.8 Å². The fourth-order valence-electron chi connectivity index (χ4n) is 1.08. The van der Waals surface area contributed by atoms with Gasteiger partial charge in [-0.1, -0.05) is 43.4 Å². The van der Waals surface area contributed by atoms with Crippen LogP contribution in [0.1, 0.15) is 19.8 Å². The highest BCUT2D eigenvalue weighted by Gasteiger charge is 2.32. The van der Waals surface area contributed by atoms with Crippen LogP contribution in [-0.4, -0.2) is 32.7 Å². The molecule has 0 atom stereocenters. The number of hydrogen-bond donors (Lipinski definition) is 1. The van der Waals surface area contributed by atoms with Crippen molar-refractivity contribution in [3.63, 3.8) is 0 Å². The number of carboxylic acids is 1. The first-order valence-electron chi connectivity index (χ1n) is 4.52. The molecule has 6 heteroatoms. The van der Waals surface area contributed by atoms with Gasteiger partial charge in [-0.05, 0) is 6.42 Å². The minimum absolute atomic E-state index is 0.291. The predicted octanol–water partition coefficient (Wildman–Crippen LogP) is 1.62. The standard InChI is InChI=1S/C9H11NO3S2/c1-2-3-4-6-8(13)10(5-7(11)12)9(14)15-6/h4H,2-3,5H2,1H3,(H,11,12)/b6-4-. The fourth-order valence-corrected chi connectivity index (χ4v) is 2.35. The van der Waals surface area contributed by atoms with Gasteiger partial charge in [-0.3, -0.25) is 14.5 Å². The minimum Gasteiger partial charge on any atom is -0.480 e. The summed E-state index contributed by atoms with van der Waals surface area (Å²) >= 11 is 6.10. The third kappa shape index (κ3) is 3.04. The molecule has 0 radical (unpaired) electrons. The van der Waals surface area contributed by atoms with E-state index in [4.69, 9.17) is 17.3 Å². The van der Waals surface area contributed by atoms with Crippen molar-refractivity contribution in [1.29, 1.82) is 0 Å². The lowest BCUT2D eigenvalue weighted by molar-refractivity contribution is -0.140. The molecule has 1 fully saturated rings. The second-order valence-electron chi connectivity index (χ2n) is 3.01. The van der Waals surface area contributed by atoms with Crippen molar-refractivity contribution in [2.75, 3.05) is 6.54 Å². The number of carboxylic acid groups (broad SMARTS) is 1. The number of amides is 1. The van der Waals surface area contributed by atoms with Gasteiger partial charge in [0, 0.05) is 0 Å². The Kier molecular flexibility index (Phi) is 4.28. The summed E-state index contributed by atoms with van der Waals surface area (Å²) in [5, 5.41) is 8.59. The molecule has 0 aromatic rings. The maximum atomic E-state index is 11.6.